The second kappa shape index (κ2) is 5.41. The van der Waals surface area contributed by atoms with Gasteiger partial charge in [0.2, 0.25) is 5.91 Å². The van der Waals surface area contributed by atoms with Gasteiger partial charge in [-0.1, -0.05) is 0 Å². The SMILES string of the molecule is Nc1cnn(CC(=O)Nc2cccnc2-n2cncn2)c1. The number of pyridine rings is 1. The standard InChI is InChI=1S/C12H12N8O/c13-9-4-16-19(5-9)6-11(21)18-10-2-1-3-15-12(10)20-8-14-7-17-20/h1-5,7-8H,6,13H2,(H,18,21). The fraction of sp³-hybridized carbons (Fsp3) is 0.0833. The molecule has 0 saturated heterocycles. The molecule has 1 amide bonds. The average Bonchev–Trinajstić information content (AvgIpc) is 3.11. The number of nitrogens with zero attached hydrogens (tertiary/aromatic N) is 6. The summed E-state index contributed by atoms with van der Waals surface area (Å²) >= 11 is 0. The van der Waals surface area contributed by atoms with Gasteiger partial charge in [0.15, 0.2) is 5.82 Å². The van der Waals surface area contributed by atoms with Crippen LogP contribution in [0.4, 0.5) is 11.4 Å². The van der Waals surface area contributed by atoms with Crippen LogP contribution in [0.25, 0.3) is 5.82 Å². The highest BCUT2D eigenvalue weighted by Crippen LogP contribution is 2.15. The average molecular weight is 284 g/mol. The summed E-state index contributed by atoms with van der Waals surface area (Å²) in [6, 6.07) is 3.46. The van der Waals surface area contributed by atoms with E-state index in [-0.39, 0.29) is 12.5 Å². The van der Waals surface area contributed by atoms with Crippen LogP contribution in [-0.2, 0) is 11.3 Å². The smallest absolute Gasteiger partial charge is 0.246 e. The Hall–Kier alpha value is -3.23. The molecule has 3 aromatic rings. The predicted octanol–water partition coefficient (Wildman–Crippen LogP) is 0.0797. The number of carbonyl (C=O) groups is 1. The van der Waals surface area contributed by atoms with Crippen molar-refractivity contribution in [1.29, 1.82) is 0 Å². The Balaban J connectivity index is 1.77. The first-order chi connectivity index (χ1) is 10.2. The summed E-state index contributed by atoms with van der Waals surface area (Å²) in [7, 11) is 0. The Morgan fingerprint density at radius 1 is 1.38 bits per heavy atom. The molecule has 3 heterocycles. The first kappa shape index (κ1) is 12.8. The van der Waals surface area contributed by atoms with Crippen LogP contribution < -0.4 is 11.1 Å². The highest BCUT2D eigenvalue weighted by molar-refractivity contribution is 5.92. The number of nitrogens with two attached hydrogens (primary N) is 1. The van der Waals surface area contributed by atoms with Gasteiger partial charge in [0.25, 0.3) is 0 Å². The Labute approximate surface area is 119 Å². The topological polar surface area (TPSA) is 117 Å². The minimum atomic E-state index is -0.243. The van der Waals surface area contributed by atoms with Gasteiger partial charge in [-0.25, -0.2) is 14.6 Å². The summed E-state index contributed by atoms with van der Waals surface area (Å²) in [5.74, 6) is 0.246. The minimum absolute atomic E-state index is 0.0584. The lowest BCUT2D eigenvalue weighted by molar-refractivity contribution is -0.116. The van der Waals surface area contributed by atoms with E-state index in [9.17, 15) is 4.79 Å². The van der Waals surface area contributed by atoms with Crippen molar-refractivity contribution in [3.05, 3.63) is 43.4 Å². The van der Waals surface area contributed by atoms with E-state index in [0.29, 0.717) is 17.2 Å². The largest absolute Gasteiger partial charge is 0.396 e. The van der Waals surface area contributed by atoms with E-state index in [1.54, 1.807) is 24.5 Å². The zero-order valence-electron chi connectivity index (χ0n) is 10.9. The molecule has 9 nitrogen and oxygen atoms in total. The molecule has 0 aliphatic rings. The van der Waals surface area contributed by atoms with Gasteiger partial charge in [-0.05, 0) is 12.1 Å². The fourth-order valence-electron chi connectivity index (χ4n) is 1.80. The lowest BCUT2D eigenvalue weighted by atomic mass is 10.3. The molecule has 0 aromatic carbocycles. The molecule has 3 N–H and O–H groups in total. The third-order valence-corrected chi connectivity index (χ3v) is 2.66. The number of hydrogen-bond acceptors (Lipinski definition) is 6. The number of anilines is 2. The molecule has 0 fully saturated rings. The minimum Gasteiger partial charge on any atom is -0.396 e. The summed E-state index contributed by atoms with van der Waals surface area (Å²) in [6.07, 6.45) is 7.58. The van der Waals surface area contributed by atoms with Crippen molar-refractivity contribution in [2.45, 2.75) is 6.54 Å². The number of rotatable bonds is 4. The summed E-state index contributed by atoms with van der Waals surface area (Å²) in [5, 5.41) is 10.7. The van der Waals surface area contributed by atoms with Gasteiger partial charge in [-0.15, -0.1) is 0 Å². The Kier molecular flexibility index (Phi) is 3.29. The summed E-state index contributed by atoms with van der Waals surface area (Å²) < 4.78 is 2.93. The van der Waals surface area contributed by atoms with Gasteiger partial charge in [-0.3, -0.25) is 9.48 Å². The summed E-state index contributed by atoms with van der Waals surface area (Å²) in [4.78, 5) is 20.1. The van der Waals surface area contributed by atoms with E-state index in [4.69, 9.17) is 5.73 Å². The fourth-order valence-corrected chi connectivity index (χ4v) is 1.80. The molecule has 0 spiro atoms. The van der Waals surface area contributed by atoms with E-state index >= 15 is 0 Å². The molecule has 21 heavy (non-hydrogen) atoms. The van der Waals surface area contributed by atoms with Crippen LogP contribution in [0, 0.1) is 0 Å². The Morgan fingerprint density at radius 2 is 2.29 bits per heavy atom. The van der Waals surface area contributed by atoms with Gasteiger partial charge in [0, 0.05) is 12.4 Å². The number of nitrogens with one attached hydrogen (secondary N) is 1. The maximum atomic E-state index is 12.0. The molecule has 3 rings (SSSR count). The van der Waals surface area contributed by atoms with Crippen molar-refractivity contribution in [3.8, 4) is 5.82 Å². The van der Waals surface area contributed by atoms with Crippen LogP contribution in [-0.4, -0.2) is 35.4 Å². The van der Waals surface area contributed by atoms with E-state index in [2.05, 4.69) is 25.5 Å². The van der Waals surface area contributed by atoms with Crippen LogP contribution in [0.2, 0.25) is 0 Å². The molecule has 0 aliphatic heterocycles. The third-order valence-electron chi connectivity index (χ3n) is 2.66. The zero-order valence-corrected chi connectivity index (χ0v) is 10.9. The second-order valence-corrected chi connectivity index (χ2v) is 4.23. The molecule has 0 unspecified atom stereocenters. The van der Waals surface area contributed by atoms with Crippen LogP contribution in [0.1, 0.15) is 0 Å². The predicted molar refractivity (Wildman–Crippen MR) is 74.4 cm³/mol. The van der Waals surface area contributed by atoms with Crippen molar-refractivity contribution in [1.82, 2.24) is 29.5 Å². The molecular weight excluding hydrogens is 272 g/mol. The Morgan fingerprint density at radius 3 is 3.00 bits per heavy atom. The van der Waals surface area contributed by atoms with Crippen molar-refractivity contribution in [3.63, 3.8) is 0 Å². The molecule has 0 bridgehead atoms. The molecule has 0 atom stereocenters. The van der Waals surface area contributed by atoms with Gasteiger partial charge in [0.05, 0.1) is 17.6 Å². The first-order valence-corrected chi connectivity index (χ1v) is 6.10. The van der Waals surface area contributed by atoms with E-state index in [0.717, 1.165) is 0 Å². The number of aromatic nitrogens is 6. The lowest BCUT2D eigenvalue weighted by Crippen LogP contribution is -2.20. The quantitative estimate of drug-likeness (QED) is 0.700. The maximum absolute atomic E-state index is 12.0. The molecule has 0 saturated carbocycles. The second-order valence-electron chi connectivity index (χ2n) is 4.23. The number of hydrogen-bond donors (Lipinski definition) is 2. The number of carbonyl (C=O) groups excluding carboxylic acids is 1. The van der Waals surface area contributed by atoms with E-state index in [1.807, 2.05) is 0 Å². The van der Waals surface area contributed by atoms with Gasteiger partial charge >= 0.3 is 0 Å². The lowest BCUT2D eigenvalue weighted by Gasteiger charge is -2.09. The number of amides is 1. The molecular formula is C12H12N8O. The molecule has 3 aromatic heterocycles. The molecule has 9 heteroatoms. The highest BCUT2D eigenvalue weighted by atomic mass is 16.2. The van der Waals surface area contributed by atoms with Crippen molar-refractivity contribution >= 4 is 17.3 Å². The van der Waals surface area contributed by atoms with Gasteiger partial charge in [0.1, 0.15) is 19.2 Å². The summed E-state index contributed by atoms with van der Waals surface area (Å²) in [5.41, 5.74) is 6.59. The van der Waals surface area contributed by atoms with Crippen LogP contribution in [0.15, 0.2) is 43.4 Å². The van der Waals surface area contributed by atoms with Crippen molar-refractivity contribution in [2.75, 3.05) is 11.1 Å². The van der Waals surface area contributed by atoms with Gasteiger partial charge in [-0.2, -0.15) is 10.2 Å². The van der Waals surface area contributed by atoms with Gasteiger partial charge < -0.3 is 11.1 Å². The van der Waals surface area contributed by atoms with Crippen molar-refractivity contribution < 1.29 is 4.79 Å². The maximum Gasteiger partial charge on any atom is 0.246 e. The Bertz CT molecular complexity index is 748. The van der Waals surface area contributed by atoms with Crippen LogP contribution in [0.3, 0.4) is 0 Å². The van der Waals surface area contributed by atoms with Crippen LogP contribution >= 0.6 is 0 Å². The number of nitrogen functional groups attached to an aromatic ring is 1. The highest BCUT2D eigenvalue weighted by Gasteiger charge is 2.10. The van der Waals surface area contributed by atoms with Crippen LogP contribution in [0.5, 0.6) is 0 Å². The monoisotopic (exact) mass is 284 g/mol. The van der Waals surface area contributed by atoms with E-state index < -0.39 is 0 Å². The zero-order chi connectivity index (χ0) is 14.7. The van der Waals surface area contributed by atoms with Crippen molar-refractivity contribution in [2.24, 2.45) is 0 Å². The normalized spacial score (nSPS) is 10.5. The van der Waals surface area contributed by atoms with E-state index in [1.165, 1.54) is 28.2 Å². The molecule has 106 valence electrons. The summed E-state index contributed by atoms with van der Waals surface area (Å²) in [6.45, 7) is 0.0584. The first-order valence-electron chi connectivity index (χ1n) is 6.10. The molecule has 0 radical (unpaired) electrons. The third kappa shape index (κ3) is 2.86. The molecule has 0 aliphatic carbocycles.